The number of aliphatic hydroxyl groups is 1. The first kappa shape index (κ1) is 8.53. The quantitative estimate of drug-likeness (QED) is 0.649. The van der Waals surface area contributed by atoms with Gasteiger partial charge in [0.25, 0.3) is 0 Å². The largest absolute Gasteiger partial charge is 0.381 e. The Labute approximate surface area is 78.0 Å². The Morgan fingerprint density at radius 1 is 1.54 bits per heavy atom. The molecule has 0 fully saturated rings. The van der Waals surface area contributed by atoms with Crippen LogP contribution in [0.4, 0.5) is 5.69 Å². The van der Waals surface area contributed by atoms with E-state index >= 15 is 0 Å². The molecule has 1 aliphatic heterocycles. The number of nitrogens with zero attached hydrogens (tertiary/aromatic N) is 1. The molecule has 0 amide bonds. The van der Waals surface area contributed by atoms with E-state index in [0.29, 0.717) is 0 Å². The molecule has 70 valence electrons. The molecule has 1 heterocycles. The maximum atomic E-state index is 8.79. The number of anilines is 1. The molecule has 2 N–H and O–H groups in total. The lowest BCUT2D eigenvalue weighted by Gasteiger charge is -2.22. The number of rotatable bonds is 2. The Morgan fingerprint density at radius 2 is 2.31 bits per heavy atom. The molecule has 0 radical (unpaired) electrons. The van der Waals surface area contributed by atoms with E-state index in [-0.39, 0.29) is 12.9 Å². The molecule has 0 aromatic heterocycles. The van der Waals surface area contributed by atoms with Crippen LogP contribution < -0.4 is 10.2 Å². The summed E-state index contributed by atoms with van der Waals surface area (Å²) in [6, 6.07) is 8.32. The first-order chi connectivity index (χ1) is 6.33. The van der Waals surface area contributed by atoms with E-state index in [9.17, 15) is 0 Å². The second-order valence-corrected chi connectivity index (χ2v) is 3.32. The molecule has 13 heavy (non-hydrogen) atoms. The van der Waals surface area contributed by atoms with Crippen LogP contribution in [0.1, 0.15) is 5.56 Å². The molecule has 1 atom stereocenters. The van der Waals surface area contributed by atoms with Crippen molar-refractivity contribution in [3.05, 3.63) is 29.8 Å². The van der Waals surface area contributed by atoms with Crippen molar-refractivity contribution in [1.29, 1.82) is 0 Å². The van der Waals surface area contributed by atoms with Gasteiger partial charge in [0.2, 0.25) is 0 Å². The fourth-order valence-electron chi connectivity index (χ4n) is 1.86. The van der Waals surface area contributed by atoms with Crippen LogP contribution in [0.25, 0.3) is 0 Å². The van der Waals surface area contributed by atoms with Crippen LogP contribution in [-0.4, -0.2) is 25.1 Å². The van der Waals surface area contributed by atoms with E-state index in [1.54, 1.807) is 0 Å². The summed E-state index contributed by atoms with van der Waals surface area (Å²) in [6.45, 7) is 0.0307. The summed E-state index contributed by atoms with van der Waals surface area (Å²) in [5.74, 6) is 0. The van der Waals surface area contributed by atoms with E-state index in [2.05, 4.69) is 22.3 Å². The Morgan fingerprint density at radius 3 is 3.00 bits per heavy atom. The van der Waals surface area contributed by atoms with E-state index in [1.807, 2.05) is 19.2 Å². The van der Waals surface area contributed by atoms with Crippen molar-refractivity contribution in [2.75, 3.05) is 18.7 Å². The summed E-state index contributed by atoms with van der Waals surface area (Å²) in [4.78, 5) is 2.16. The molecule has 3 heteroatoms. The van der Waals surface area contributed by atoms with Crippen LogP contribution >= 0.6 is 0 Å². The third-order valence-corrected chi connectivity index (χ3v) is 2.58. The number of benzene rings is 1. The van der Waals surface area contributed by atoms with Crippen molar-refractivity contribution in [2.24, 2.45) is 0 Å². The summed E-state index contributed by atoms with van der Waals surface area (Å²) in [7, 11) is 2.04. The van der Waals surface area contributed by atoms with Crippen LogP contribution in [0.15, 0.2) is 24.3 Å². The first-order valence-corrected chi connectivity index (χ1v) is 4.48. The molecule has 0 spiro atoms. The van der Waals surface area contributed by atoms with Gasteiger partial charge >= 0.3 is 0 Å². The predicted molar refractivity (Wildman–Crippen MR) is 52.6 cm³/mol. The average molecular weight is 178 g/mol. The lowest BCUT2D eigenvalue weighted by Crippen LogP contribution is -2.41. The van der Waals surface area contributed by atoms with Crippen LogP contribution in [0.2, 0.25) is 0 Å². The highest BCUT2D eigenvalue weighted by Crippen LogP contribution is 2.28. The van der Waals surface area contributed by atoms with Gasteiger partial charge in [-0.1, -0.05) is 18.2 Å². The molecular formula is C10H14N2O. The van der Waals surface area contributed by atoms with Crippen LogP contribution in [-0.2, 0) is 6.42 Å². The van der Waals surface area contributed by atoms with E-state index in [1.165, 1.54) is 11.3 Å². The molecule has 0 aliphatic carbocycles. The lowest BCUT2D eigenvalue weighted by atomic mass is 10.1. The third-order valence-electron chi connectivity index (χ3n) is 2.58. The van der Waals surface area contributed by atoms with E-state index < -0.39 is 0 Å². The maximum Gasteiger partial charge on any atom is 0.0947 e. The smallest absolute Gasteiger partial charge is 0.0947 e. The van der Waals surface area contributed by atoms with Crippen LogP contribution in [0.5, 0.6) is 0 Å². The fraction of sp³-hybridized carbons (Fsp3) is 0.400. The Kier molecular flexibility index (Phi) is 2.20. The number of nitrogens with one attached hydrogen (secondary N) is 1. The van der Waals surface area contributed by atoms with Crippen molar-refractivity contribution in [1.82, 2.24) is 5.32 Å². The Bertz CT molecular complexity index is 301. The Hall–Kier alpha value is -1.06. The van der Waals surface area contributed by atoms with Gasteiger partial charge in [0.1, 0.15) is 0 Å². The summed E-state index contributed by atoms with van der Waals surface area (Å²) < 4.78 is 0. The minimum Gasteiger partial charge on any atom is -0.381 e. The van der Waals surface area contributed by atoms with Gasteiger partial charge in [0.15, 0.2) is 0 Å². The monoisotopic (exact) mass is 178 g/mol. The molecule has 1 unspecified atom stereocenters. The number of likely N-dealkylation sites (N-methyl/N-ethyl adjacent to an activating group) is 1. The summed E-state index contributed by atoms with van der Waals surface area (Å²) in [5, 5.41) is 11.8. The maximum absolute atomic E-state index is 8.79. The minimum atomic E-state index is 0.0307. The average Bonchev–Trinajstić information content (AvgIpc) is 2.46. The van der Waals surface area contributed by atoms with Crippen molar-refractivity contribution in [2.45, 2.75) is 12.6 Å². The normalized spacial score (nSPS) is 20.5. The van der Waals surface area contributed by atoms with Crippen molar-refractivity contribution in [3.63, 3.8) is 0 Å². The highest BCUT2D eigenvalue weighted by molar-refractivity contribution is 5.58. The first-order valence-electron chi connectivity index (χ1n) is 4.48. The van der Waals surface area contributed by atoms with Gasteiger partial charge in [0.05, 0.1) is 12.9 Å². The van der Waals surface area contributed by atoms with Gasteiger partial charge in [-0.05, 0) is 11.6 Å². The molecule has 1 aromatic carbocycles. The minimum absolute atomic E-state index is 0.0307. The molecule has 0 bridgehead atoms. The zero-order chi connectivity index (χ0) is 9.26. The highest BCUT2D eigenvalue weighted by atomic mass is 16.3. The SMILES string of the molecule is CN1c2ccccc2CC1NCO. The fourth-order valence-corrected chi connectivity index (χ4v) is 1.86. The van der Waals surface area contributed by atoms with Gasteiger partial charge < -0.3 is 10.0 Å². The van der Waals surface area contributed by atoms with Crippen molar-refractivity contribution < 1.29 is 5.11 Å². The van der Waals surface area contributed by atoms with Gasteiger partial charge in [0, 0.05) is 19.2 Å². The van der Waals surface area contributed by atoms with Crippen molar-refractivity contribution >= 4 is 5.69 Å². The van der Waals surface area contributed by atoms with E-state index in [0.717, 1.165) is 6.42 Å². The van der Waals surface area contributed by atoms with Gasteiger partial charge in [-0.25, -0.2) is 0 Å². The standard InChI is InChI=1S/C10H14N2O/c1-12-9-5-3-2-4-8(9)6-10(12)11-7-13/h2-5,10-11,13H,6-7H2,1H3. The molecular weight excluding hydrogens is 164 g/mol. The Balaban J connectivity index is 2.22. The second-order valence-electron chi connectivity index (χ2n) is 3.32. The molecule has 1 aliphatic rings. The molecule has 0 saturated heterocycles. The number of hydrogen-bond donors (Lipinski definition) is 2. The topological polar surface area (TPSA) is 35.5 Å². The summed E-state index contributed by atoms with van der Waals surface area (Å²) in [6.07, 6.45) is 1.20. The summed E-state index contributed by atoms with van der Waals surface area (Å²) >= 11 is 0. The van der Waals surface area contributed by atoms with Crippen molar-refractivity contribution in [3.8, 4) is 0 Å². The van der Waals surface area contributed by atoms with E-state index in [4.69, 9.17) is 5.11 Å². The predicted octanol–water partition coefficient (Wildman–Crippen LogP) is 0.544. The number of aliphatic hydroxyl groups excluding tert-OH is 1. The zero-order valence-electron chi connectivity index (χ0n) is 7.70. The third kappa shape index (κ3) is 1.41. The lowest BCUT2D eigenvalue weighted by molar-refractivity contribution is 0.241. The summed E-state index contributed by atoms with van der Waals surface area (Å²) in [5.41, 5.74) is 2.60. The highest BCUT2D eigenvalue weighted by Gasteiger charge is 2.24. The zero-order valence-corrected chi connectivity index (χ0v) is 7.70. The number of fused-ring (bicyclic) bond motifs is 1. The second kappa shape index (κ2) is 3.36. The van der Waals surface area contributed by atoms with Crippen LogP contribution in [0.3, 0.4) is 0 Å². The molecule has 1 aromatic rings. The van der Waals surface area contributed by atoms with Gasteiger partial charge in [-0.2, -0.15) is 0 Å². The van der Waals surface area contributed by atoms with Gasteiger partial charge in [-0.3, -0.25) is 5.32 Å². The molecule has 3 nitrogen and oxygen atoms in total. The van der Waals surface area contributed by atoms with Crippen LogP contribution in [0, 0.1) is 0 Å². The molecule has 0 saturated carbocycles. The number of para-hydroxylation sites is 1. The molecule has 2 rings (SSSR count). The number of hydrogen-bond acceptors (Lipinski definition) is 3. The van der Waals surface area contributed by atoms with Gasteiger partial charge in [-0.15, -0.1) is 0 Å².